The van der Waals surface area contributed by atoms with E-state index in [1.165, 1.54) is 12.8 Å². The number of unbranched alkanes of at least 4 members (excludes halogenated alkanes) is 1. The molecule has 0 saturated carbocycles. The molecule has 0 bridgehead atoms. The summed E-state index contributed by atoms with van der Waals surface area (Å²) in [4.78, 5) is 0. The van der Waals surface area contributed by atoms with Crippen LogP contribution in [0.25, 0.3) is 0 Å². The molecule has 0 fully saturated rings. The third-order valence-electron chi connectivity index (χ3n) is 1.99. The van der Waals surface area contributed by atoms with Crippen LogP contribution in [0.15, 0.2) is 0 Å². The average Bonchev–Trinajstić information content (AvgIpc) is 2.21. The summed E-state index contributed by atoms with van der Waals surface area (Å²) in [6, 6.07) is 0. The molecule has 2 N–H and O–H groups in total. The zero-order valence-electron chi connectivity index (χ0n) is 10.2. The van der Waals surface area contributed by atoms with Gasteiger partial charge in [0.25, 0.3) is 0 Å². The van der Waals surface area contributed by atoms with Crippen molar-refractivity contribution in [2.75, 3.05) is 26.3 Å². The van der Waals surface area contributed by atoms with Crippen LogP contribution in [0.1, 0.15) is 33.6 Å². The summed E-state index contributed by atoms with van der Waals surface area (Å²) in [7, 11) is 0. The molecule has 15 heavy (non-hydrogen) atoms. The molecule has 0 aromatic rings. The molecule has 0 aliphatic rings. The Balaban J connectivity index is 3.33. The summed E-state index contributed by atoms with van der Waals surface area (Å²) in [5.41, 5.74) is 0. The Morgan fingerprint density at radius 3 is 2.67 bits per heavy atom. The van der Waals surface area contributed by atoms with Gasteiger partial charge in [0.1, 0.15) is 0 Å². The maximum Gasteiger partial charge on any atom is 0.178 e. The van der Waals surface area contributed by atoms with Crippen LogP contribution in [0, 0.1) is 0 Å². The Hall–Kier alpha value is -0.160. The molecule has 0 spiro atoms. The van der Waals surface area contributed by atoms with Gasteiger partial charge in [-0.05, 0) is 26.8 Å². The minimum Gasteiger partial charge on any atom is -0.376 e. The SMILES string of the molecule is CCCCNCC(C)OC(O)COCC. The quantitative estimate of drug-likeness (QED) is 0.427. The van der Waals surface area contributed by atoms with Gasteiger partial charge in [-0.15, -0.1) is 0 Å². The van der Waals surface area contributed by atoms with E-state index in [2.05, 4.69) is 12.2 Å². The summed E-state index contributed by atoms with van der Waals surface area (Å²) < 4.78 is 10.3. The van der Waals surface area contributed by atoms with Gasteiger partial charge in [-0.1, -0.05) is 13.3 Å². The van der Waals surface area contributed by atoms with Gasteiger partial charge >= 0.3 is 0 Å². The Morgan fingerprint density at radius 1 is 1.33 bits per heavy atom. The number of rotatable bonds is 10. The molecule has 0 aromatic heterocycles. The molecule has 0 amide bonds. The molecule has 0 aliphatic carbocycles. The minimum absolute atomic E-state index is 0.0114. The molecule has 4 heteroatoms. The fourth-order valence-electron chi connectivity index (χ4n) is 1.18. The second-order valence-electron chi connectivity index (χ2n) is 3.62. The molecule has 4 nitrogen and oxygen atoms in total. The predicted molar refractivity (Wildman–Crippen MR) is 60.8 cm³/mol. The number of hydrogen-bond acceptors (Lipinski definition) is 4. The second-order valence-corrected chi connectivity index (χ2v) is 3.62. The first-order valence-corrected chi connectivity index (χ1v) is 5.82. The Bertz CT molecular complexity index is 133. The zero-order valence-corrected chi connectivity index (χ0v) is 10.2. The van der Waals surface area contributed by atoms with E-state index in [0.29, 0.717) is 6.61 Å². The number of nitrogens with one attached hydrogen (secondary N) is 1. The first-order valence-electron chi connectivity index (χ1n) is 5.82. The molecular formula is C11H25NO3. The Morgan fingerprint density at radius 2 is 2.07 bits per heavy atom. The highest BCUT2D eigenvalue weighted by atomic mass is 16.6. The summed E-state index contributed by atoms with van der Waals surface area (Å²) >= 11 is 0. The van der Waals surface area contributed by atoms with E-state index in [9.17, 15) is 5.11 Å². The summed E-state index contributed by atoms with van der Waals surface area (Å²) in [5.74, 6) is 0. The van der Waals surface area contributed by atoms with Gasteiger partial charge in [0, 0.05) is 13.2 Å². The molecule has 2 unspecified atom stereocenters. The van der Waals surface area contributed by atoms with Crippen molar-refractivity contribution in [3.05, 3.63) is 0 Å². The summed E-state index contributed by atoms with van der Waals surface area (Å²) in [6.45, 7) is 8.61. The van der Waals surface area contributed by atoms with E-state index < -0.39 is 6.29 Å². The van der Waals surface area contributed by atoms with Gasteiger partial charge in [0.15, 0.2) is 6.29 Å². The predicted octanol–water partition coefficient (Wildman–Crippen LogP) is 1.14. The van der Waals surface area contributed by atoms with Gasteiger partial charge in [-0.3, -0.25) is 0 Å². The van der Waals surface area contributed by atoms with Crippen LogP contribution in [0.3, 0.4) is 0 Å². The topological polar surface area (TPSA) is 50.7 Å². The maximum absolute atomic E-state index is 9.38. The molecule has 0 saturated heterocycles. The molecule has 0 aromatic carbocycles. The van der Waals surface area contributed by atoms with Crippen LogP contribution in [-0.4, -0.2) is 43.8 Å². The highest BCUT2D eigenvalue weighted by Gasteiger charge is 2.09. The van der Waals surface area contributed by atoms with Crippen LogP contribution >= 0.6 is 0 Å². The molecule has 2 atom stereocenters. The average molecular weight is 219 g/mol. The first kappa shape index (κ1) is 14.8. The summed E-state index contributed by atoms with van der Waals surface area (Å²) in [6.07, 6.45) is 1.56. The normalized spacial score (nSPS) is 15.2. The van der Waals surface area contributed by atoms with Crippen molar-refractivity contribution in [2.45, 2.75) is 46.0 Å². The molecule has 0 rings (SSSR count). The van der Waals surface area contributed by atoms with E-state index in [1.807, 2.05) is 13.8 Å². The van der Waals surface area contributed by atoms with E-state index in [1.54, 1.807) is 0 Å². The van der Waals surface area contributed by atoms with E-state index in [0.717, 1.165) is 13.1 Å². The van der Waals surface area contributed by atoms with Crippen molar-refractivity contribution in [2.24, 2.45) is 0 Å². The zero-order chi connectivity index (χ0) is 11.5. The number of aliphatic hydroxyl groups is 1. The summed E-state index contributed by atoms with van der Waals surface area (Å²) in [5, 5.41) is 12.6. The van der Waals surface area contributed by atoms with E-state index >= 15 is 0 Å². The fourth-order valence-corrected chi connectivity index (χ4v) is 1.18. The lowest BCUT2D eigenvalue weighted by atomic mass is 10.3. The van der Waals surface area contributed by atoms with Crippen LogP contribution in [-0.2, 0) is 9.47 Å². The number of hydrogen-bond donors (Lipinski definition) is 2. The maximum atomic E-state index is 9.38. The molecule has 0 radical (unpaired) electrons. The lowest BCUT2D eigenvalue weighted by molar-refractivity contribution is -0.159. The monoisotopic (exact) mass is 219 g/mol. The Labute approximate surface area is 93.0 Å². The van der Waals surface area contributed by atoms with Gasteiger partial charge in [-0.25, -0.2) is 0 Å². The van der Waals surface area contributed by atoms with E-state index in [4.69, 9.17) is 9.47 Å². The van der Waals surface area contributed by atoms with Crippen molar-refractivity contribution in [3.8, 4) is 0 Å². The highest BCUT2D eigenvalue weighted by molar-refractivity contribution is 4.56. The molecule has 92 valence electrons. The van der Waals surface area contributed by atoms with Crippen molar-refractivity contribution < 1.29 is 14.6 Å². The molecule has 0 aliphatic heterocycles. The highest BCUT2D eigenvalue weighted by Crippen LogP contribution is 1.96. The van der Waals surface area contributed by atoms with Crippen molar-refractivity contribution in [3.63, 3.8) is 0 Å². The number of aliphatic hydroxyl groups excluding tert-OH is 1. The van der Waals surface area contributed by atoms with Crippen molar-refractivity contribution >= 4 is 0 Å². The fraction of sp³-hybridized carbons (Fsp3) is 1.00. The number of ether oxygens (including phenoxy) is 2. The molecule has 0 heterocycles. The van der Waals surface area contributed by atoms with Gasteiger partial charge < -0.3 is 19.9 Å². The van der Waals surface area contributed by atoms with Gasteiger partial charge in [0.05, 0.1) is 12.7 Å². The van der Waals surface area contributed by atoms with Gasteiger partial charge in [-0.2, -0.15) is 0 Å². The first-order chi connectivity index (χ1) is 7.20. The van der Waals surface area contributed by atoms with E-state index in [-0.39, 0.29) is 12.7 Å². The second kappa shape index (κ2) is 10.4. The van der Waals surface area contributed by atoms with Crippen molar-refractivity contribution in [1.82, 2.24) is 5.32 Å². The van der Waals surface area contributed by atoms with Crippen LogP contribution in [0.4, 0.5) is 0 Å². The smallest absolute Gasteiger partial charge is 0.178 e. The minimum atomic E-state index is -0.812. The third kappa shape index (κ3) is 10.1. The van der Waals surface area contributed by atoms with Crippen LogP contribution < -0.4 is 5.32 Å². The van der Waals surface area contributed by atoms with Crippen molar-refractivity contribution in [1.29, 1.82) is 0 Å². The lowest BCUT2D eigenvalue weighted by Gasteiger charge is -2.18. The molecular weight excluding hydrogens is 194 g/mol. The standard InChI is InChI=1S/C11H25NO3/c1-4-6-7-12-8-10(3)15-11(13)9-14-5-2/h10-13H,4-9H2,1-3H3. The van der Waals surface area contributed by atoms with Crippen LogP contribution in [0.5, 0.6) is 0 Å². The van der Waals surface area contributed by atoms with Gasteiger partial charge in [0.2, 0.25) is 0 Å². The third-order valence-corrected chi connectivity index (χ3v) is 1.99. The lowest BCUT2D eigenvalue weighted by Crippen LogP contribution is -2.32. The largest absolute Gasteiger partial charge is 0.376 e. The Kier molecular flexibility index (Phi) is 10.3. The van der Waals surface area contributed by atoms with Crippen LogP contribution in [0.2, 0.25) is 0 Å².